The van der Waals surface area contributed by atoms with Gasteiger partial charge in [-0.05, 0) is 54.2 Å². The van der Waals surface area contributed by atoms with E-state index in [9.17, 15) is 4.79 Å². The third-order valence-electron chi connectivity index (χ3n) is 4.28. The maximum absolute atomic E-state index is 12.4. The Labute approximate surface area is 177 Å². The molecular weight excluding hydrogens is 434 g/mol. The van der Waals surface area contributed by atoms with E-state index in [1.807, 2.05) is 73.5 Å². The molecule has 4 N–H and O–H groups in total. The second kappa shape index (κ2) is 9.44. The number of anilines is 4. The van der Waals surface area contributed by atoms with Gasteiger partial charge < -0.3 is 16.4 Å². The van der Waals surface area contributed by atoms with Gasteiger partial charge in [-0.3, -0.25) is 9.69 Å². The first-order chi connectivity index (χ1) is 13.9. The van der Waals surface area contributed by atoms with Crippen LogP contribution in [0.5, 0.6) is 0 Å². The number of carbonyl (C=O) groups is 1. The van der Waals surface area contributed by atoms with Gasteiger partial charge in [-0.15, -0.1) is 0 Å². The highest BCUT2D eigenvalue weighted by molar-refractivity contribution is 9.10. The molecule has 0 bridgehead atoms. The maximum atomic E-state index is 12.4. The third kappa shape index (κ3) is 5.72. The Kier molecular flexibility index (Phi) is 6.73. The number of amides is 1. The zero-order chi connectivity index (χ0) is 20.8. The Bertz CT molecular complexity index is 984. The van der Waals surface area contributed by atoms with Gasteiger partial charge in [-0.25, -0.2) is 0 Å². The molecule has 3 aromatic rings. The lowest BCUT2D eigenvalue weighted by Gasteiger charge is -2.23. The number of nitrogens with zero attached hydrogens (tertiary/aromatic N) is 4. The molecule has 0 aliphatic carbocycles. The molecule has 1 heterocycles. The number of para-hydroxylation sites is 2. The van der Waals surface area contributed by atoms with E-state index in [-0.39, 0.29) is 24.4 Å². The summed E-state index contributed by atoms with van der Waals surface area (Å²) in [4.78, 5) is 27.1. The molecule has 1 atom stereocenters. The Hall–Kier alpha value is -3.04. The number of benzene rings is 2. The monoisotopic (exact) mass is 455 g/mol. The van der Waals surface area contributed by atoms with Crippen molar-refractivity contribution in [2.75, 3.05) is 30.0 Å². The van der Waals surface area contributed by atoms with Crippen molar-refractivity contribution >= 4 is 45.1 Å². The Morgan fingerprint density at radius 2 is 1.79 bits per heavy atom. The molecule has 29 heavy (non-hydrogen) atoms. The molecule has 0 spiro atoms. The van der Waals surface area contributed by atoms with Crippen molar-refractivity contribution in [3.05, 3.63) is 64.9 Å². The number of nitrogens with one attached hydrogen (secondary N) is 2. The van der Waals surface area contributed by atoms with Crippen LogP contribution >= 0.6 is 15.9 Å². The predicted molar refractivity (Wildman–Crippen MR) is 118 cm³/mol. The summed E-state index contributed by atoms with van der Waals surface area (Å²) >= 11 is 3.42. The summed E-state index contributed by atoms with van der Waals surface area (Å²) in [5, 5.41) is 6.00. The van der Waals surface area contributed by atoms with Crippen molar-refractivity contribution in [3.8, 4) is 0 Å². The number of carbonyl (C=O) groups excluding carboxylic acids is 1. The highest BCUT2D eigenvalue weighted by Crippen LogP contribution is 2.22. The number of nitrogens with two attached hydrogens (primary N) is 1. The number of halogens is 1. The molecule has 0 aliphatic heterocycles. The Balaban J connectivity index is 1.68. The van der Waals surface area contributed by atoms with Crippen molar-refractivity contribution in [2.24, 2.45) is 0 Å². The minimum atomic E-state index is -0.249. The fourth-order valence-corrected chi connectivity index (χ4v) is 3.00. The summed E-state index contributed by atoms with van der Waals surface area (Å²) in [6, 6.07) is 16.8. The van der Waals surface area contributed by atoms with Gasteiger partial charge in [0.1, 0.15) is 0 Å². The van der Waals surface area contributed by atoms with Crippen molar-refractivity contribution in [2.45, 2.75) is 13.0 Å². The van der Waals surface area contributed by atoms with Crippen LogP contribution in [0.15, 0.2) is 59.1 Å². The van der Waals surface area contributed by atoms with E-state index in [4.69, 9.17) is 5.73 Å². The van der Waals surface area contributed by atoms with Crippen molar-refractivity contribution < 1.29 is 4.79 Å². The molecular formula is C20H22BrN7O. The smallest absolute Gasteiger partial charge is 0.238 e. The second-order valence-electron chi connectivity index (χ2n) is 6.49. The van der Waals surface area contributed by atoms with E-state index in [1.165, 1.54) is 0 Å². The molecule has 9 heteroatoms. The molecule has 0 saturated carbocycles. The molecule has 1 amide bonds. The minimum absolute atomic E-state index is 0.117. The second-order valence-corrected chi connectivity index (χ2v) is 7.34. The summed E-state index contributed by atoms with van der Waals surface area (Å²) in [5.74, 6) is 0.811. The summed E-state index contributed by atoms with van der Waals surface area (Å²) in [6.45, 7) is 2.07. The lowest BCUT2D eigenvalue weighted by atomic mass is 10.2. The maximum Gasteiger partial charge on any atom is 0.238 e. The van der Waals surface area contributed by atoms with Gasteiger partial charge in [0.05, 0.1) is 18.3 Å². The molecule has 0 fully saturated rings. The molecule has 150 valence electrons. The molecule has 0 unspecified atom stereocenters. The molecule has 8 nitrogen and oxygen atoms in total. The SMILES string of the molecule is C[C@H](c1nc(N)nc(Nc2ccccc2)n1)N(C)CC(=O)Nc1ccccc1Br. The first-order valence-electron chi connectivity index (χ1n) is 9.00. The number of likely N-dealkylation sites (N-methyl/N-ethyl adjacent to an activating group) is 1. The molecule has 3 rings (SSSR count). The van der Waals surface area contributed by atoms with Gasteiger partial charge >= 0.3 is 0 Å². The van der Waals surface area contributed by atoms with Crippen LogP contribution < -0.4 is 16.4 Å². The first kappa shape index (κ1) is 20.7. The molecule has 0 aliphatic rings. The van der Waals surface area contributed by atoms with E-state index in [0.29, 0.717) is 11.8 Å². The molecule has 0 saturated heterocycles. The van der Waals surface area contributed by atoms with Gasteiger partial charge in [0.25, 0.3) is 0 Å². The van der Waals surface area contributed by atoms with E-state index in [2.05, 4.69) is 41.5 Å². The van der Waals surface area contributed by atoms with Crippen LogP contribution in [0.4, 0.5) is 23.3 Å². The van der Waals surface area contributed by atoms with Crippen LogP contribution in [0, 0.1) is 0 Å². The summed E-state index contributed by atoms with van der Waals surface area (Å²) < 4.78 is 0.825. The number of hydrogen-bond acceptors (Lipinski definition) is 7. The average molecular weight is 456 g/mol. The largest absolute Gasteiger partial charge is 0.368 e. The Morgan fingerprint density at radius 3 is 2.52 bits per heavy atom. The van der Waals surface area contributed by atoms with Crippen molar-refractivity contribution in [1.82, 2.24) is 19.9 Å². The average Bonchev–Trinajstić information content (AvgIpc) is 2.69. The summed E-state index contributed by atoms with van der Waals surface area (Å²) in [5.41, 5.74) is 7.43. The third-order valence-corrected chi connectivity index (χ3v) is 4.97. The van der Waals surface area contributed by atoms with E-state index in [1.54, 1.807) is 0 Å². The van der Waals surface area contributed by atoms with E-state index >= 15 is 0 Å². The molecule has 0 radical (unpaired) electrons. The quantitative estimate of drug-likeness (QED) is 0.499. The van der Waals surface area contributed by atoms with Gasteiger partial charge in [0, 0.05) is 10.2 Å². The van der Waals surface area contributed by atoms with E-state index in [0.717, 1.165) is 15.8 Å². The summed E-state index contributed by atoms with van der Waals surface area (Å²) in [6.07, 6.45) is 0. The van der Waals surface area contributed by atoms with Gasteiger partial charge in [-0.1, -0.05) is 30.3 Å². The molecule has 1 aromatic heterocycles. The van der Waals surface area contributed by atoms with Crippen LogP contribution in [-0.4, -0.2) is 39.4 Å². The minimum Gasteiger partial charge on any atom is -0.368 e. The normalized spacial score (nSPS) is 11.9. The lowest BCUT2D eigenvalue weighted by molar-refractivity contribution is -0.117. The van der Waals surface area contributed by atoms with Crippen LogP contribution in [0.3, 0.4) is 0 Å². The molecule has 2 aromatic carbocycles. The van der Waals surface area contributed by atoms with Crippen LogP contribution in [0.1, 0.15) is 18.8 Å². The Morgan fingerprint density at radius 1 is 1.10 bits per heavy atom. The topological polar surface area (TPSA) is 109 Å². The highest BCUT2D eigenvalue weighted by Gasteiger charge is 2.19. The number of nitrogen functional groups attached to an aromatic ring is 1. The van der Waals surface area contributed by atoms with Gasteiger partial charge in [-0.2, -0.15) is 15.0 Å². The number of rotatable bonds is 7. The number of hydrogen-bond donors (Lipinski definition) is 3. The lowest BCUT2D eigenvalue weighted by Crippen LogP contribution is -2.33. The van der Waals surface area contributed by atoms with Gasteiger partial charge in [0.15, 0.2) is 5.82 Å². The van der Waals surface area contributed by atoms with Gasteiger partial charge in [0.2, 0.25) is 17.8 Å². The fraction of sp³-hybridized carbons (Fsp3) is 0.200. The van der Waals surface area contributed by atoms with Crippen molar-refractivity contribution in [1.29, 1.82) is 0 Å². The standard InChI is InChI=1S/C20H22BrN7O/c1-13(28(2)12-17(29)24-16-11-7-6-10-15(16)21)18-25-19(22)27-20(26-18)23-14-8-4-3-5-9-14/h3-11,13H,12H2,1-2H3,(H,24,29)(H3,22,23,25,26,27)/t13-/m1/s1. The zero-order valence-corrected chi connectivity index (χ0v) is 17.7. The fourth-order valence-electron chi connectivity index (χ4n) is 2.62. The first-order valence-corrected chi connectivity index (χ1v) is 9.80. The zero-order valence-electron chi connectivity index (χ0n) is 16.1. The van der Waals surface area contributed by atoms with Crippen LogP contribution in [-0.2, 0) is 4.79 Å². The van der Waals surface area contributed by atoms with Crippen LogP contribution in [0.2, 0.25) is 0 Å². The summed E-state index contributed by atoms with van der Waals surface area (Å²) in [7, 11) is 1.83. The van der Waals surface area contributed by atoms with E-state index < -0.39 is 0 Å². The number of aromatic nitrogens is 3. The van der Waals surface area contributed by atoms with Crippen LogP contribution in [0.25, 0.3) is 0 Å². The predicted octanol–water partition coefficient (Wildman–Crippen LogP) is 3.59. The highest BCUT2D eigenvalue weighted by atomic mass is 79.9. The van der Waals surface area contributed by atoms with Crippen molar-refractivity contribution in [3.63, 3.8) is 0 Å².